The summed E-state index contributed by atoms with van der Waals surface area (Å²) in [5.74, 6) is -3.72. The Morgan fingerprint density at radius 3 is 2.58 bits per heavy atom. The Bertz CT molecular complexity index is 762. The number of nitrogens with one attached hydrogen (secondary N) is 2. The molecule has 4 atom stereocenters. The number of hydrogen-bond donors (Lipinski definition) is 3. The number of ether oxygens (including phenoxy) is 1. The Balaban J connectivity index is 1.95. The van der Waals surface area contributed by atoms with Crippen molar-refractivity contribution in [2.45, 2.75) is 39.5 Å². The lowest BCUT2D eigenvalue weighted by molar-refractivity contribution is -0.144. The number of Topliss-reactive ketones (excluding diaryl/α,β-unsaturated/α-hetero) is 1. The number of carbonyl (C=O) groups is 3. The highest BCUT2D eigenvalue weighted by Gasteiger charge is 2.48. The van der Waals surface area contributed by atoms with Gasteiger partial charge in [0.15, 0.2) is 11.5 Å². The highest BCUT2D eigenvalue weighted by Crippen LogP contribution is 2.26. The van der Waals surface area contributed by atoms with Crippen LogP contribution < -0.4 is 5.32 Å². The molecule has 1 fully saturated rings. The zero-order valence-corrected chi connectivity index (χ0v) is 15.5. The standard InChI is InChI=1S/C18H21ClN2O5/c1-8-4-5-11(12(19)6-8)7-26-18(25)14(20)16(23)9(2)15-13(10(3)22)17(24)21-15/h4-6,9-10,13,15,20,22H,7H2,1-3H3,(H,21,24). The molecular formula is C18H21ClN2O5. The highest BCUT2D eigenvalue weighted by atomic mass is 35.5. The molecule has 1 saturated heterocycles. The number of benzene rings is 1. The van der Waals surface area contributed by atoms with Crippen LogP contribution in [-0.2, 0) is 25.7 Å². The highest BCUT2D eigenvalue weighted by molar-refractivity contribution is 6.63. The maximum Gasteiger partial charge on any atom is 0.360 e. The maximum atomic E-state index is 12.3. The Morgan fingerprint density at radius 2 is 2.04 bits per heavy atom. The molecule has 4 unspecified atom stereocenters. The SMILES string of the molecule is Cc1ccc(COC(=O)C(=N)C(=O)C(C)C2NC(=O)C2C(C)O)c(Cl)c1. The number of β-lactam (4-membered cyclic amide) rings is 1. The quantitative estimate of drug-likeness (QED) is 0.286. The average Bonchev–Trinajstić information content (AvgIpc) is 2.55. The summed E-state index contributed by atoms with van der Waals surface area (Å²) in [4.78, 5) is 35.8. The van der Waals surface area contributed by atoms with E-state index in [1.165, 1.54) is 13.8 Å². The van der Waals surface area contributed by atoms with Gasteiger partial charge >= 0.3 is 5.97 Å². The molecule has 1 heterocycles. The number of esters is 1. The van der Waals surface area contributed by atoms with Crippen LogP contribution in [0.1, 0.15) is 25.0 Å². The Morgan fingerprint density at radius 1 is 1.38 bits per heavy atom. The van der Waals surface area contributed by atoms with E-state index in [0.717, 1.165) is 5.56 Å². The number of amides is 1. The summed E-state index contributed by atoms with van der Waals surface area (Å²) < 4.78 is 5.00. The van der Waals surface area contributed by atoms with E-state index in [4.69, 9.17) is 21.7 Å². The molecule has 140 valence electrons. The summed E-state index contributed by atoms with van der Waals surface area (Å²) in [5, 5.41) is 20.4. The van der Waals surface area contributed by atoms with Crippen molar-refractivity contribution >= 4 is 35.0 Å². The molecule has 0 saturated carbocycles. The minimum absolute atomic E-state index is 0.154. The van der Waals surface area contributed by atoms with Crippen LogP contribution in [0.15, 0.2) is 18.2 Å². The second-order valence-corrected chi connectivity index (χ2v) is 6.91. The molecule has 26 heavy (non-hydrogen) atoms. The van der Waals surface area contributed by atoms with Crippen molar-refractivity contribution in [3.8, 4) is 0 Å². The third-order valence-electron chi connectivity index (χ3n) is 4.49. The second kappa shape index (κ2) is 7.97. The molecule has 0 aromatic heterocycles. The van der Waals surface area contributed by atoms with Crippen molar-refractivity contribution in [3.05, 3.63) is 34.3 Å². The van der Waals surface area contributed by atoms with Crippen LogP contribution in [0.2, 0.25) is 5.02 Å². The Labute approximate surface area is 156 Å². The first-order valence-electron chi connectivity index (χ1n) is 8.16. The first-order chi connectivity index (χ1) is 12.1. The van der Waals surface area contributed by atoms with E-state index in [1.54, 1.807) is 12.1 Å². The fraction of sp³-hybridized carbons (Fsp3) is 0.444. The lowest BCUT2D eigenvalue weighted by Crippen LogP contribution is -2.65. The lowest BCUT2D eigenvalue weighted by Gasteiger charge is -2.41. The van der Waals surface area contributed by atoms with Gasteiger partial charge in [0, 0.05) is 16.5 Å². The normalized spacial score (nSPS) is 21.2. The molecule has 1 aliphatic rings. The number of rotatable bonds is 7. The van der Waals surface area contributed by atoms with E-state index >= 15 is 0 Å². The van der Waals surface area contributed by atoms with Crippen molar-refractivity contribution in [2.75, 3.05) is 0 Å². The van der Waals surface area contributed by atoms with Crippen LogP contribution >= 0.6 is 11.6 Å². The van der Waals surface area contributed by atoms with E-state index < -0.39 is 41.4 Å². The first-order valence-corrected chi connectivity index (χ1v) is 8.54. The van der Waals surface area contributed by atoms with Gasteiger partial charge < -0.3 is 15.2 Å². The fourth-order valence-electron chi connectivity index (χ4n) is 2.85. The van der Waals surface area contributed by atoms with E-state index in [-0.39, 0.29) is 12.5 Å². The van der Waals surface area contributed by atoms with Gasteiger partial charge in [-0.15, -0.1) is 0 Å². The largest absolute Gasteiger partial charge is 0.456 e. The fourth-order valence-corrected chi connectivity index (χ4v) is 3.14. The number of carbonyl (C=O) groups excluding carboxylic acids is 3. The Hall–Kier alpha value is -2.25. The molecule has 7 nitrogen and oxygen atoms in total. The summed E-state index contributed by atoms with van der Waals surface area (Å²) >= 11 is 6.06. The number of aliphatic hydroxyl groups is 1. The van der Waals surface area contributed by atoms with E-state index in [2.05, 4.69) is 5.32 Å². The molecule has 1 aromatic rings. The number of aliphatic hydroxyl groups excluding tert-OH is 1. The zero-order chi connectivity index (χ0) is 19.6. The molecule has 0 bridgehead atoms. The van der Waals surface area contributed by atoms with Gasteiger partial charge in [0.1, 0.15) is 6.61 Å². The van der Waals surface area contributed by atoms with E-state index in [9.17, 15) is 19.5 Å². The summed E-state index contributed by atoms with van der Waals surface area (Å²) in [6.45, 7) is 4.68. The number of ketones is 1. The van der Waals surface area contributed by atoms with Gasteiger partial charge in [0.25, 0.3) is 0 Å². The second-order valence-electron chi connectivity index (χ2n) is 6.50. The van der Waals surface area contributed by atoms with Crippen LogP contribution in [-0.4, -0.2) is 40.6 Å². The van der Waals surface area contributed by atoms with Gasteiger partial charge in [0.05, 0.1) is 18.1 Å². The third kappa shape index (κ3) is 4.11. The summed E-state index contributed by atoms with van der Waals surface area (Å²) in [5.41, 5.74) is 0.725. The number of aryl methyl sites for hydroxylation is 1. The average molecular weight is 381 g/mol. The van der Waals surface area contributed by atoms with Crippen LogP contribution in [0.3, 0.4) is 0 Å². The van der Waals surface area contributed by atoms with Crippen LogP contribution in [0.5, 0.6) is 0 Å². The van der Waals surface area contributed by atoms with Crippen molar-refractivity contribution < 1.29 is 24.2 Å². The van der Waals surface area contributed by atoms with Gasteiger partial charge in [-0.3, -0.25) is 15.0 Å². The minimum Gasteiger partial charge on any atom is -0.456 e. The maximum absolute atomic E-state index is 12.3. The van der Waals surface area contributed by atoms with Crippen molar-refractivity contribution in [1.29, 1.82) is 5.41 Å². The molecule has 1 aromatic carbocycles. The van der Waals surface area contributed by atoms with Gasteiger partial charge in [-0.2, -0.15) is 0 Å². The van der Waals surface area contributed by atoms with Crippen LogP contribution in [0.4, 0.5) is 0 Å². The van der Waals surface area contributed by atoms with Crippen molar-refractivity contribution in [1.82, 2.24) is 5.32 Å². The van der Waals surface area contributed by atoms with E-state index in [1.807, 2.05) is 13.0 Å². The number of hydrogen-bond acceptors (Lipinski definition) is 6. The number of halogens is 1. The predicted molar refractivity (Wildman–Crippen MR) is 95.0 cm³/mol. The van der Waals surface area contributed by atoms with Gasteiger partial charge in [0.2, 0.25) is 5.91 Å². The van der Waals surface area contributed by atoms with Crippen molar-refractivity contribution in [2.24, 2.45) is 11.8 Å². The van der Waals surface area contributed by atoms with Gasteiger partial charge in [-0.05, 0) is 25.5 Å². The summed E-state index contributed by atoms with van der Waals surface area (Å²) in [6, 6.07) is 4.62. The topological polar surface area (TPSA) is 117 Å². The molecule has 1 amide bonds. The summed E-state index contributed by atoms with van der Waals surface area (Å²) in [6.07, 6.45) is -0.922. The van der Waals surface area contributed by atoms with Crippen LogP contribution in [0, 0.1) is 24.2 Å². The summed E-state index contributed by atoms with van der Waals surface area (Å²) in [7, 11) is 0. The van der Waals surface area contributed by atoms with Crippen molar-refractivity contribution in [3.63, 3.8) is 0 Å². The van der Waals surface area contributed by atoms with Crippen LogP contribution in [0.25, 0.3) is 0 Å². The molecule has 2 rings (SSSR count). The lowest BCUT2D eigenvalue weighted by atomic mass is 9.76. The first kappa shape index (κ1) is 20.1. The monoisotopic (exact) mass is 380 g/mol. The molecule has 1 aliphatic heterocycles. The molecule has 8 heteroatoms. The Kier molecular flexibility index (Phi) is 6.15. The predicted octanol–water partition coefficient (Wildman–Crippen LogP) is 1.41. The molecule has 0 aliphatic carbocycles. The molecule has 0 spiro atoms. The molecule has 3 N–H and O–H groups in total. The minimum atomic E-state index is -1.06. The van der Waals surface area contributed by atoms with Gasteiger partial charge in [-0.25, -0.2) is 4.79 Å². The third-order valence-corrected chi connectivity index (χ3v) is 4.84. The smallest absolute Gasteiger partial charge is 0.360 e. The van der Waals surface area contributed by atoms with Gasteiger partial charge in [-0.1, -0.05) is 30.7 Å². The molecular weight excluding hydrogens is 360 g/mol. The molecule has 0 radical (unpaired) electrons. The van der Waals surface area contributed by atoms with E-state index in [0.29, 0.717) is 10.6 Å². The zero-order valence-electron chi connectivity index (χ0n) is 14.7.